The Morgan fingerprint density at radius 1 is 1.25 bits per heavy atom. The van der Waals surface area contributed by atoms with Crippen molar-refractivity contribution in [3.05, 3.63) is 59.4 Å². The summed E-state index contributed by atoms with van der Waals surface area (Å²) in [6, 6.07) is 14.1. The number of pyridine rings is 1. The summed E-state index contributed by atoms with van der Waals surface area (Å²) < 4.78 is 10.9. The lowest BCUT2D eigenvalue weighted by Crippen LogP contribution is -2.49. The number of carbonyl (C=O) groups is 1. The molecule has 1 fully saturated rings. The molecule has 0 spiro atoms. The molecule has 0 radical (unpaired) electrons. The predicted octanol–water partition coefficient (Wildman–Crippen LogP) is 3.79. The van der Waals surface area contributed by atoms with Crippen LogP contribution in [0.3, 0.4) is 0 Å². The van der Waals surface area contributed by atoms with Gasteiger partial charge >= 0.3 is 5.97 Å². The van der Waals surface area contributed by atoms with Crippen LogP contribution in [0, 0.1) is 12.3 Å². The fraction of sp³-hybridized carbons (Fsp3) is 0.478. The quantitative estimate of drug-likeness (QED) is 0.682. The molecular weight excluding hydrogens is 352 g/mol. The van der Waals surface area contributed by atoms with Crippen molar-refractivity contribution in [2.24, 2.45) is 5.41 Å². The van der Waals surface area contributed by atoms with Crippen LogP contribution < -0.4 is 4.74 Å². The lowest BCUT2D eigenvalue weighted by molar-refractivity contribution is -0.159. The van der Waals surface area contributed by atoms with Gasteiger partial charge in [-0.05, 0) is 69.5 Å². The van der Waals surface area contributed by atoms with Crippen LogP contribution in [-0.2, 0) is 22.5 Å². The first-order valence-electron chi connectivity index (χ1n) is 10.00. The fourth-order valence-corrected chi connectivity index (χ4v) is 4.12. The van der Waals surface area contributed by atoms with E-state index < -0.39 is 5.41 Å². The summed E-state index contributed by atoms with van der Waals surface area (Å²) in [6.07, 6.45) is 2.45. The number of piperidine rings is 1. The average molecular weight is 383 g/mol. The number of hydrogen-bond acceptors (Lipinski definition) is 5. The third-order valence-corrected chi connectivity index (χ3v) is 5.37. The molecule has 2 heterocycles. The highest BCUT2D eigenvalue weighted by Gasteiger charge is 2.43. The monoisotopic (exact) mass is 382 g/mol. The van der Waals surface area contributed by atoms with E-state index in [1.165, 1.54) is 0 Å². The summed E-state index contributed by atoms with van der Waals surface area (Å²) in [5.41, 5.74) is 2.62. The van der Waals surface area contributed by atoms with Gasteiger partial charge in [-0.2, -0.15) is 0 Å². The van der Waals surface area contributed by atoms with Crippen molar-refractivity contribution in [1.82, 2.24) is 9.88 Å². The Balaban J connectivity index is 1.82. The molecule has 0 N–H and O–H groups in total. The van der Waals surface area contributed by atoms with Crippen molar-refractivity contribution in [3.8, 4) is 5.75 Å². The highest BCUT2D eigenvalue weighted by molar-refractivity contribution is 5.78. The summed E-state index contributed by atoms with van der Waals surface area (Å²) >= 11 is 0. The molecule has 0 aliphatic carbocycles. The van der Waals surface area contributed by atoms with Crippen LogP contribution in [0.25, 0.3) is 0 Å². The Bertz CT molecular complexity index is 808. The number of rotatable bonds is 7. The molecule has 1 saturated heterocycles. The van der Waals surface area contributed by atoms with Crippen LogP contribution in [0.15, 0.2) is 42.5 Å². The number of esters is 1. The van der Waals surface area contributed by atoms with E-state index in [-0.39, 0.29) is 5.97 Å². The Morgan fingerprint density at radius 2 is 2.07 bits per heavy atom. The van der Waals surface area contributed by atoms with Gasteiger partial charge in [-0.1, -0.05) is 18.2 Å². The molecule has 3 rings (SSSR count). The van der Waals surface area contributed by atoms with Gasteiger partial charge in [0.15, 0.2) is 0 Å². The summed E-state index contributed by atoms with van der Waals surface area (Å²) in [5, 5.41) is 0. The minimum absolute atomic E-state index is 0.0975. The van der Waals surface area contributed by atoms with Gasteiger partial charge in [0, 0.05) is 18.8 Å². The van der Waals surface area contributed by atoms with Crippen LogP contribution in [0.2, 0.25) is 0 Å². The lowest BCUT2D eigenvalue weighted by atomic mass is 9.75. The van der Waals surface area contributed by atoms with Crippen molar-refractivity contribution < 1.29 is 14.3 Å². The molecule has 150 valence electrons. The standard InChI is InChI=1S/C23H30N2O3/c1-4-28-22(26)23(15-19-9-6-11-21(14-19)27-3)12-7-13-25(17-23)16-20-10-5-8-18(2)24-20/h5-6,8-11,14H,4,7,12-13,15-17H2,1-3H3/t23-/m0/s1. The first-order valence-corrected chi connectivity index (χ1v) is 10.00. The van der Waals surface area contributed by atoms with Gasteiger partial charge in [0.1, 0.15) is 5.75 Å². The maximum absolute atomic E-state index is 13.0. The number of nitrogens with zero attached hydrogens (tertiary/aromatic N) is 2. The third-order valence-electron chi connectivity index (χ3n) is 5.37. The zero-order valence-corrected chi connectivity index (χ0v) is 17.1. The average Bonchev–Trinajstić information content (AvgIpc) is 2.68. The van der Waals surface area contributed by atoms with E-state index in [2.05, 4.69) is 22.0 Å². The van der Waals surface area contributed by atoms with Crippen molar-refractivity contribution in [1.29, 1.82) is 0 Å². The smallest absolute Gasteiger partial charge is 0.313 e. The van der Waals surface area contributed by atoms with Gasteiger partial charge in [-0.15, -0.1) is 0 Å². The summed E-state index contributed by atoms with van der Waals surface area (Å²) in [7, 11) is 1.66. The van der Waals surface area contributed by atoms with Crippen LogP contribution in [0.4, 0.5) is 0 Å². The molecule has 1 aliphatic heterocycles. The Kier molecular flexibility index (Phi) is 6.68. The van der Waals surface area contributed by atoms with Crippen LogP contribution >= 0.6 is 0 Å². The number of ether oxygens (including phenoxy) is 2. The van der Waals surface area contributed by atoms with Gasteiger partial charge in [-0.25, -0.2) is 0 Å². The number of methoxy groups -OCH3 is 1. The van der Waals surface area contributed by atoms with E-state index in [4.69, 9.17) is 9.47 Å². The van der Waals surface area contributed by atoms with E-state index in [9.17, 15) is 4.79 Å². The van der Waals surface area contributed by atoms with E-state index in [1.54, 1.807) is 7.11 Å². The number of carbonyl (C=O) groups excluding carboxylic acids is 1. The Hall–Kier alpha value is -2.40. The zero-order chi connectivity index (χ0) is 20.0. The number of likely N-dealkylation sites (tertiary alicyclic amines) is 1. The van der Waals surface area contributed by atoms with Crippen LogP contribution in [0.5, 0.6) is 5.75 Å². The predicted molar refractivity (Wildman–Crippen MR) is 109 cm³/mol. The van der Waals surface area contributed by atoms with Gasteiger partial charge in [0.05, 0.1) is 24.8 Å². The number of aryl methyl sites for hydroxylation is 1. The Labute approximate surface area is 167 Å². The molecule has 1 atom stereocenters. The lowest BCUT2D eigenvalue weighted by Gasteiger charge is -2.41. The number of aromatic nitrogens is 1. The minimum atomic E-state index is -0.537. The van der Waals surface area contributed by atoms with Crippen molar-refractivity contribution in [2.45, 2.75) is 39.7 Å². The second-order valence-electron chi connectivity index (χ2n) is 7.61. The van der Waals surface area contributed by atoms with Gasteiger partial charge in [0.2, 0.25) is 0 Å². The molecule has 5 nitrogen and oxygen atoms in total. The third kappa shape index (κ3) is 4.90. The molecule has 0 saturated carbocycles. The Morgan fingerprint density at radius 3 is 2.82 bits per heavy atom. The molecule has 0 amide bonds. The van der Waals surface area contributed by atoms with Crippen molar-refractivity contribution in [2.75, 3.05) is 26.8 Å². The molecule has 0 unspecified atom stereocenters. The van der Waals surface area contributed by atoms with Gasteiger partial charge < -0.3 is 9.47 Å². The SMILES string of the molecule is CCOC(=O)[C@]1(Cc2cccc(OC)c2)CCCN(Cc2cccc(C)n2)C1. The fourth-order valence-electron chi connectivity index (χ4n) is 4.12. The highest BCUT2D eigenvalue weighted by atomic mass is 16.5. The molecule has 0 bridgehead atoms. The maximum atomic E-state index is 13.0. The van der Waals surface area contributed by atoms with E-state index in [1.807, 2.05) is 44.2 Å². The number of benzene rings is 1. The van der Waals surface area contributed by atoms with E-state index in [0.717, 1.165) is 48.6 Å². The van der Waals surface area contributed by atoms with E-state index in [0.29, 0.717) is 19.6 Å². The minimum Gasteiger partial charge on any atom is -0.497 e. The molecule has 1 aliphatic rings. The second-order valence-corrected chi connectivity index (χ2v) is 7.61. The highest BCUT2D eigenvalue weighted by Crippen LogP contribution is 2.36. The summed E-state index contributed by atoms with van der Waals surface area (Å²) in [4.78, 5) is 20.0. The molecule has 5 heteroatoms. The topological polar surface area (TPSA) is 51.7 Å². The molecule has 1 aromatic heterocycles. The summed E-state index contributed by atoms with van der Waals surface area (Å²) in [6.45, 7) is 6.67. The van der Waals surface area contributed by atoms with E-state index >= 15 is 0 Å². The second kappa shape index (κ2) is 9.20. The van der Waals surface area contributed by atoms with Gasteiger partial charge in [-0.3, -0.25) is 14.7 Å². The molecule has 2 aromatic rings. The first kappa shape index (κ1) is 20.3. The van der Waals surface area contributed by atoms with Crippen molar-refractivity contribution in [3.63, 3.8) is 0 Å². The maximum Gasteiger partial charge on any atom is 0.313 e. The van der Waals surface area contributed by atoms with Crippen LogP contribution in [0.1, 0.15) is 36.7 Å². The van der Waals surface area contributed by atoms with Crippen LogP contribution in [-0.4, -0.2) is 42.7 Å². The largest absolute Gasteiger partial charge is 0.497 e. The van der Waals surface area contributed by atoms with Gasteiger partial charge in [0.25, 0.3) is 0 Å². The summed E-state index contributed by atoms with van der Waals surface area (Å²) in [5.74, 6) is 0.716. The number of hydrogen-bond donors (Lipinski definition) is 0. The normalized spacial score (nSPS) is 20.0. The molecule has 28 heavy (non-hydrogen) atoms. The van der Waals surface area contributed by atoms with Crippen molar-refractivity contribution >= 4 is 5.97 Å². The zero-order valence-electron chi connectivity index (χ0n) is 17.1. The molecule has 1 aromatic carbocycles. The molecular formula is C23H30N2O3. The first-order chi connectivity index (χ1) is 13.5.